The van der Waals surface area contributed by atoms with Crippen molar-refractivity contribution in [3.8, 4) is 0 Å². The Morgan fingerprint density at radius 2 is 1.53 bits per heavy atom. The Morgan fingerprint density at radius 1 is 0.867 bits per heavy atom. The van der Waals surface area contributed by atoms with Crippen LogP contribution in [0.1, 0.15) is 29.6 Å². The number of carbonyl (C=O) groups excluding carboxylic acids is 3. The minimum atomic E-state index is -0.688. The summed E-state index contributed by atoms with van der Waals surface area (Å²) < 4.78 is 20.2. The van der Waals surface area contributed by atoms with Crippen molar-refractivity contribution in [3.63, 3.8) is 0 Å². The predicted molar refractivity (Wildman–Crippen MR) is 108 cm³/mol. The summed E-state index contributed by atoms with van der Waals surface area (Å²) in [6, 6.07) is 5.16. The fourth-order valence-corrected chi connectivity index (χ4v) is 3.72. The van der Waals surface area contributed by atoms with Crippen LogP contribution in [0, 0.1) is 0 Å². The molecule has 3 rings (SSSR count). The van der Waals surface area contributed by atoms with Gasteiger partial charge in [-0.25, -0.2) is 14.4 Å². The highest BCUT2D eigenvalue weighted by atomic mass is 16.5. The molecule has 1 fully saturated rings. The van der Waals surface area contributed by atoms with E-state index in [1.807, 2.05) is 6.07 Å². The van der Waals surface area contributed by atoms with Crippen LogP contribution >= 0.6 is 0 Å². The molecule has 1 aromatic rings. The molecule has 0 atom stereocenters. The van der Waals surface area contributed by atoms with E-state index < -0.39 is 17.9 Å². The molecule has 9 nitrogen and oxygen atoms in total. The smallest absolute Gasteiger partial charge is 0.355 e. The lowest BCUT2D eigenvalue weighted by Crippen LogP contribution is -2.40. The van der Waals surface area contributed by atoms with Crippen molar-refractivity contribution >= 4 is 29.3 Å². The van der Waals surface area contributed by atoms with Gasteiger partial charge in [-0.15, -0.1) is 0 Å². The monoisotopic (exact) mass is 418 g/mol. The molecule has 0 N–H and O–H groups in total. The first-order valence-corrected chi connectivity index (χ1v) is 9.74. The van der Waals surface area contributed by atoms with E-state index in [0.29, 0.717) is 11.3 Å². The number of hydrogen-bond donors (Lipinski definition) is 0. The fourth-order valence-electron chi connectivity index (χ4n) is 3.72. The summed E-state index contributed by atoms with van der Waals surface area (Å²) in [5.41, 5.74) is 1.81. The van der Waals surface area contributed by atoms with Gasteiger partial charge in [-0.1, -0.05) is 0 Å². The molecule has 2 heterocycles. The average Bonchev–Trinajstić information content (AvgIpc) is 2.82. The van der Waals surface area contributed by atoms with Crippen LogP contribution in [-0.4, -0.2) is 65.7 Å². The highest BCUT2D eigenvalue weighted by Gasteiger charge is 2.34. The first-order valence-electron chi connectivity index (χ1n) is 9.74. The molecule has 1 saturated heterocycles. The number of carbonyl (C=O) groups is 3. The van der Waals surface area contributed by atoms with Crippen LogP contribution < -0.4 is 9.80 Å². The Morgan fingerprint density at radius 3 is 2.17 bits per heavy atom. The third kappa shape index (κ3) is 4.25. The van der Waals surface area contributed by atoms with Gasteiger partial charge in [-0.3, -0.25) is 0 Å². The molecule has 0 aromatic heterocycles. The van der Waals surface area contributed by atoms with Gasteiger partial charge in [0.25, 0.3) is 0 Å². The maximum absolute atomic E-state index is 12.7. The Bertz CT molecular complexity index is 859. The molecular weight excluding hydrogens is 392 g/mol. The molecule has 0 spiro atoms. The lowest BCUT2D eigenvalue weighted by atomic mass is 10.1. The molecule has 9 heteroatoms. The van der Waals surface area contributed by atoms with Gasteiger partial charge >= 0.3 is 17.9 Å². The van der Waals surface area contributed by atoms with E-state index >= 15 is 0 Å². The predicted octanol–water partition coefficient (Wildman–Crippen LogP) is 1.86. The maximum atomic E-state index is 12.7. The average molecular weight is 418 g/mol. The first-order chi connectivity index (χ1) is 14.5. The summed E-state index contributed by atoms with van der Waals surface area (Å²) in [5, 5.41) is 0. The van der Waals surface area contributed by atoms with Gasteiger partial charge in [0.1, 0.15) is 12.4 Å². The summed E-state index contributed by atoms with van der Waals surface area (Å²) in [4.78, 5) is 40.9. The van der Waals surface area contributed by atoms with Crippen LogP contribution in [0.4, 0.5) is 11.4 Å². The molecule has 162 valence electrons. The lowest BCUT2D eigenvalue weighted by molar-refractivity contribution is -0.140. The number of hydrogen-bond acceptors (Lipinski definition) is 9. The van der Waals surface area contributed by atoms with Crippen molar-refractivity contribution < 1.29 is 33.3 Å². The van der Waals surface area contributed by atoms with Gasteiger partial charge in [-0.2, -0.15) is 0 Å². The zero-order valence-electron chi connectivity index (χ0n) is 17.4. The van der Waals surface area contributed by atoms with Crippen LogP contribution in [-0.2, 0) is 28.5 Å². The number of methoxy groups -OCH3 is 3. The fraction of sp³-hybridized carbons (Fsp3) is 0.476. The maximum Gasteiger partial charge on any atom is 0.355 e. The SMILES string of the molecule is COC(=O)C1=C(C(=O)OC)N(c2cc(C(=O)OC)ccc2N2CCCCC2)COC1. The Hall–Kier alpha value is -3.07. The normalized spacial score (nSPS) is 16.9. The molecule has 0 bridgehead atoms. The molecule has 0 unspecified atom stereocenters. The molecule has 1 aromatic carbocycles. The number of piperidine rings is 1. The molecule has 0 amide bonds. The van der Waals surface area contributed by atoms with E-state index in [1.165, 1.54) is 21.3 Å². The van der Waals surface area contributed by atoms with Crippen LogP contribution in [0.15, 0.2) is 29.5 Å². The third-order valence-electron chi connectivity index (χ3n) is 5.22. The minimum Gasteiger partial charge on any atom is -0.466 e. The molecular formula is C21H26N2O7. The zero-order chi connectivity index (χ0) is 21.7. The Kier molecular flexibility index (Phi) is 6.94. The van der Waals surface area contributed by atoms with Crippen LogP contribution in [0.25, 0.3) is 0 Å². The minimum absolute atomic E-state index is 0.0103. The summed E-state index contributed by atoms with van der Waals surface area (Å²) in [6.07, 6.45) is 3.24. The quantitative estimate of drug-likeness (QED) is 0.524. The van der Waals surface area contributed by atoms with Gasteiger partial charge in [0.2, 0.25) is 0 Å². The van der Waals surface area contributed by atoms with Gasteiger partial charge in [0, 0.05) is 13.1 Å². The van der Waals surface area contributed by atoms with Crippen LogP contribution in [0.2, 0.25) is 0 Å². The Balaban J connectivity index is 2.17. The van der Waals surface area contributed by atoms with Crippen molar-refractivity contribution in [2.24, 2.45) is 0 Å². The number of rotatable bonds is 5. The third-order valence-corrected chi connectivity index (χ3v) is 5.22. The van der Waals surface area contributed by atoms with Gasteiger partial charge in [0.15, 0.2) is 0 Å². The van der Waals surface area contributed by atoms with Gasteiger partial charge in [0.05, 0.1) is 50.4 Å². The van der Waals surface area contributed by atoms with Crippen molar-refractivity contribution in [2.45, 2.75) is 19.3 Å². The summed E-state index contributed by atoms with van der Waals surface area (Å²) in [6.45, 7) is 1.63. The highest BCUT2D eigenvalue weighted by Crippen LogP contribution is 2.37. The first kappa shape index (κ1) is 21.6. The van der Waals surface area contributed by atoms with E-state index in [-0.39, 0.29) is 24.6 Å². The number of anilines is 2. The van der Waals surface area contributed by atoms with Crippen molar-refractivity contribution in [1.29, 1.82) is 0 Å². The van der Waals surface area contributed by atoms with Crippen LogP contribution in [0.5, 0.6) is 0 Å². The van der Waals surface area contributed by atoms with Gasteiger partial charge in [-0.05, 0) is 37.5 Å². The molecule has 0 saturated carbocycles. The van der Waals surface area contributed by atoms with Crippen LogP contribution in [0.3, 0.4) is 0 Å². The molecule has 2 aliphatic heterocycles. The topological polar surface area (TPSA) is 94.6 Å². The van der Waals surface area contributed by atoms with E-state index in [0.717, 1.165) is 38.0 Å². The van der Waals surface area contributed by atoms with E-state index in [1.54, 1.807) is 17.0 Å². The van der Waals surface area contributed by atoms with E-state index in [2.05, 4.69) is 4.90 Å². The Labute approximate surface area is 175 Å². The van der Waals surface area contributed by atoms with E-state index in [9.17, 15) is 14.4 Å². The molecule has 0 radical (unpaired) electrons. The standard InChI is InChI=1S/C21H26N2O7/c1-27-19(24)14-7-8-16(22-9-5-4-6-10-22)17(11-14)23-13-30-12-15(20(25)28-2)18(23)21(26)29-3/h7-8,11H,4-6,9-10,12-13H2,1-3H3. The summed E-state index contributed by atoms with van der Waals surface area (Å²) in [7, 11) is 3.79. The number of ether oxygens (including phenoxy) is 4. The molecule has 0 aliphatic carbocycles. The summed E-state index contributed by atoms with van der Waals surface area (Å²) in [5.74, 6) is -1.87. The van der Waals surface area contributed by atoms with E-state index in [4.69, 9.17) is 18.9 Å². The number of benzene rings is 1. The molecule has 30 heavy (non-hydrogen) atoms. The van der Waals surface area contributed by atoms with Crippen molar-refractivity contribution in [2.75, 3.05) is 57.6 Å². The zero-order valence-corrected chi connectivity index (χ0v) is 17.4. The number of esters is 3. The highest BCUT2D eigenvalue weighted by molar-refractivity contribution is 6.04. The van der Waals surface area contributed by atoms with Gasteiger partial charge < -0.3 is 28.7 Å². The van der Waals surface area contributed by atoms with Crippen molar-refractivity contribution in [3.05, 3.63) is 35.0 Å². The second-order valence-corrected chi connectivity index (χ2v) is 6.96. The molecule has 2 aliphatic rings. The largest absolute Gasteiger partial charge is 0.466 e. The second kappa shape index (κ2) is 9.62. The van der Waals surface area contributed by atoms with Crippen molar-refractivity contribution in [1.82, 2.24) is 0 Å². The second-order valence-electron chi connectivity index (χ2n) is 6.96. The number of nitrogens with zero attached hydrogens (tertiary/aromatic N) is 2. The lowest BCUT2D eigenvalue weighted by Gasteiger charge is -2.36. The summed E-state index contributed by atoms with van der Waals surface area (Å²) >= 11 is 0.